The standard InChI is InChI=1S/C21H28O4/c1-16-20(25-21(24-16)18-7-4-3-5-8-18)9-6-14-23-15-17-10-12-19(22-2)13-11-17/h7,10-13,20-21H,1,3-6,8-9,14-15H2,2H3/t20-,21+/m1/s1. The first kappa shape index (κ1) is 18.0. The van der Waals surface area contributed by atoms with Gasteiger partial charge in [0.25, 0.3) is 0 Å². The Morgan fingerprint density at radius 1 is 1.20 bits per heavy atom. The van der Waals surface area contributed by atoms with Crippen molar-refractivity contribution in [3.05, 3.63) is 53.8 Å². The molecule has 1 heterocycles. The fourth-order valence-electron chi connectivity index (χ4n) is 3.22. The van der Waals surface area contributed by atoms with E-state index in [0.717, 1.165) is 42.8 Å². The van der Waals surface area contributed by atoms with Crippen molar-refractivity contribution in [2.24, 2.45) is 0 Å². The van der Waals surface area contributed by atoms with Crippen LogP contribution in [0.5, 0.6) is 5.75 Å². The van der Waals surface area contributed by atoms with Crippen LogP contribution in [0.3, 0.4) is 0 Å². The van der Waals surface area contributed by atoms with Gasteiger partial charge in [-0.2, -0.15) is 0 Å². The second kappa shape index (κ2) is 9.07. The predicted molar refractivity (Wildman–Crippen MR) is 97.3 cm³/mol. The summed E-state index contributed by atoms with van der Waals surface area (Å²) in [4.78, 5) is 0. The van der Waals surface area contributed by atoms with Crippen molar-refractivity contribution in [2.45, 2.75) is 57.5 Å². The summed E-state index contributed by atoms with van der Waals surface area (Å²) in [5, 5.41) is 0. The van der Waals surface area contributed by atoms with Crippen LogP contribution in [0.4, 0.5) is 0 Å². The van der Waals surface area contributed by atoms with Crippen molar-refractivity contribution in [3.8, 4) is 5.75 Å². The molecule has 3 rings (SSSR count). The summed E-state index contributed by atoms with van der Waals surface area (Å²) in [6, 6.07) is 7.95. The number of hydrogen-bond acceptors (Lipinski definition) is 4. The zero-order chi connectivity index (χ0) is 17.5. The molecule has 1 aromatic carbocycles. The van der Waals surface area contributed by atoms with Crippen molar-refractivity contribution in [3.63, 3.8) is 0 Å². The van der Waals surface area contributed by atoms with Gasteiger partial charge in [0.1, 0.15) is 17.6 Å². The second-order valence-electron chi connectivity index (χ2n) is 6.61. The Labute approximate surface area is 150 Å². The monoisotopic (exact) mass is 344 g/mol. The maximum atomic E-state index is 6.04. The van der Waals surface area contributed by atoms with Crippen LogP contribution in [0.2, 0.25) is 0 Å². The van der Waals surface area contributed by atoms with E-state index < -0.39 is 0 Å². The van der Waals surface area contributed by atoms with Gasteiger partial charge < -0.3 is 18.9 Å². The fourth-order valence-corrected chi connectivity index (χ4v) is 3.22. The zero-order valence-electron chi connectivity index (χ0n) is 15.0. The maximum absolute atomic E-state index is 6.04. The summed E-state index contributed by atoms with van der Waals surface area (Å²) >= 11 is 0. The molecule has 2 atom stereocenters. The summed E-state index contributed by atoms with van der Waals surface area (Å²) in [5.41, 5.74) is 2.43. The van der Waals surface area contributed by atoms with Crippen molar-refractivity contribution < 1.29 is 18.9 Å². The lowest BCUT2D eigenvalue weighted by Gasteiger charge is -2.17. The van der Waals surface area contributed by atoms with E-state index in [4.69, 9.17) is 18.9 Å². The number of hydrogen-bond donors (Lipinski definition) is 0. The van der Waals surface area contributed by atoms with Gasteiger partial charge in [-0.1, -0.05) is 24.8 Å². The van der Waals surface area contributed by atoms with Crippen molar-refractivity contribution >= 4 is 0 Å². The van der Waals surface area contributed by atoms with E-state index in [9.17, 15) is 0 Å². The highest BCUT2D eigenvalue weighted by molar-refractivity contribution is 5.26. The molecule has 0 radical (unpaired) electrons. The molecule has 1 aliphatic heterocycles. The molecule has 0 amide bonds. The van der Waals surface area contributed by atoms with Gasteiger partial charge in [0, 0.05) is 6.61 Å². The van der Waals surface area contributed by atoms with Crippen LogP contribution >= 0.6 is 0 Å². The molecule has 1 aromatic rings. The average Bonchev–Trinajstić information content (AvgIpc) is 3.03. The molecule has 25 heavy (non-hydrogen) atoms. The summed E-state index contributed by atoms with van der Waals surface area (Å²) in [5.74, 6) is 1.62. The molecule has 1 aliphatic carbocycles. The first-order valence-electron chi connectivity index (χ1n) is 9.17. The molecule has 4 heteroatoms. The molecule has 4 nitrogen and oxygen atoms in total. The number of benzene rings is 1. The van der Waals surface area contributed by atoms with Crippen LogP contribution in [0.25, 0.3) is 0 Å². The minimum atomic E-state index is -0.210. The number of ether oxygens (including phenoxy) is 4. The van der Waals surface area contributed by atoms with E-state index in [1.807, 2.05) is 24.3 Å². The van der Waals surface area contributed by atoms with Gasteiger partial charge >= 0.3 is 0 Å². The van der Waals surface area contributed by atoms with Crippen LogP contribution in [0, 0.1) is 0 Å². The number of methoxy groups -OCH3 is 1. The van der Waals surface area contributed by atoms with Crippen LogP contribution in [0.1, 0.15) is 44.1 Å². The average molecular weight is 344 g/mol. The van der Waals surface area contributed by atoms with E-state index in [0.29, 0.717) is 13.2 Å². The topological polar surface area (TPSA) is 36.9 Å². The van der Waals surface area contributed by atoms with Gasteiger partial charge in [0.05, 0.1) is 13.7 Å². The summed E-state index contributed by atoms with van der Waals surface area (Å²) < 4.78 is 22.8. The maximum Gasteiger partial charge on any atom is 0.222 e. The minimum absolute atomic E-state index is 0.0163. The van der Waals surface area contributed by atoms with E-state index >= 15 is 0 Å². The first-order chi connectivity index (χ1) is 12.3. The van der Waals surface area contributed by atoms with E-state index in [1.165, 1.54) is 18.4 Å². The Morgan fingerprint density at radius 2 is 2.04 bits per heavy atom. The van der Waals surface area contributed by atoms with E-state index in [2.05, 4.69) is 12.7 Å². The molecule has 0 spiro atoms. The molecule has 0 N–H and O–H groups in total. The minimum Gasteiger partial charge on any atom is -0.497 e. The second-order valence-corrected chi connectivity index (χ2v) is 6.61. The molecule has 1 saturated heterocycles. The van der Waals surface area contributed by atoms with Crippen LogP contribution in [-0.2, 0) is 20.8 Å². The Kier molecular flexibility index (Phi) is 6.54. The van der Waals surface area contributed by atoms with Crippen LogP contribution in [-0.4, -0.2) is 26.1 Å². The lowest BCUT2D eigenvalue weighted by atomic mass is 9.99. The number of rotatable bonds is 8. The van der Waals surface area contributed by atoms with Crippen LogP contribution < -0.4 is 4.74 Å². The molecule has 2 aliphatic rings. The molecule has 136 valence electrons. The zero-order valence-corrected chi connectivity index (χ0v) is 15.0. The van der Waals surface area contributed by atoms with Crippen molar-refractivity contribution in [1.82, 2.24) is 0 Å². The molecule has 0 unspecified atom stereocenters. The SMILES string of the molecule is C=C1O[C@H](C2=CCCCC2)O[C@@H]1CCCOCc1ccc(OC)cc1. The Balaban J connectivity index is 1.34. The Hall–Kier alpha value is -1.78. The largest absolute Gasteiger partial charge is 0.497 e. The van der Waals surface area contributed by atoms with E-state index in [1.54, 1.807) is 7.11 Å². The third-order valence-electron chi connectivity index (χ3n) is 4.72. The van der Waals surface area contributed by atoms with E-state index in [-0.39, 0.29) is 12.4 Å². The Morgan fingerprint density at radius 3 is 2.76 bits per heavy atom. The highest BCUT2D eigenvalue weighted by atomic mass is 16.7. The third-order valence-corrected chi connectivity index (χ3v) is 4.72. The molecule has 0 bridgehead atoms. The van der Waals surface area contributed by atoms with Gasteiger partial charge in [-0.25, -0.2) is 0 Å². The summed E-state index contributed by atoms with van der Waals surface area (Å²) in [6.07, 6.45) is 8.56. The summed E-state index contributed by atoms with van der Waals surface area (Å²) in [7, 11) is 1.67. The normalized spacial score (nSPS) is 23.2. The molecular formula is C21H28O4. The predicted octanol–water partition coefficient (Wildman–Crippen LogP) is 4.75. The van der Waals surface area contributed by atoms with Gasteiger partial charge in [0.2, 0.25) is 6.29 Å². The Bertz CT molecular complexity index is 590. The van der Waals surface area contributed by atoms with Gasteiger partial charge in [-0.3, -0.25) is 0 Å². The molecule has 0 saturated carbocycles. The molecule has 1 fully saturated rings. The summed E-state index contributed by atoms with van der Waals surface area (Å²) in [6.45, 7) is 5.33. The first-order valence-corrected chi connectivity index (χ1v) is 9.17. The smallest absolute Gasteiger partial charge is 0.222 e. The van der Waals surface area contributed by atoms with Gasteiger partial charge in [-0.15, -0.1) is 0 Å². The fraction of sp³-hybridized carbons (Fsp3) is 0.524. The number of allylic oxidation sites excluding steroid dienone is 1. The molecule has 0 aromatic heterocycles. The van der Waals surface area contributed by atoms with Crippen LogP contribution in [0.15, 0.2) is 48.3 Å². The lowest BCUT2D eigenvalue weighted by Crippen LogP contribution is -2.16. The molecular weight excluding hydrogens is 316 g/mol. The third kappa shape index (κ3) is 5.10. The highest BCUT2D eigenvalue weighted by Crippen LogP contribution is 2.32. The van der Waals surface area contributed by atoms with Gasteiger partial charge in [0.15, 0.2) is 0 Å². The highest BCUT2D eigenvalue weighted by Gasteiger charge is 2.32. The quantitative estimate of drug-likeness (QED) is 0.504. The van der Waals surface area contributed by atoms with Crippen molar-refractivity contribution in [2.75, 3.05) is 13.7 Å². The van der Waals surface area contributed by atoms with Crippen molar-refractivity contribution in [1.29, 1.82) is 0 Å². The van der Waals surface area contributed by atoms with Gasteiger partial charge in [-0.05, 0) is 61.8 Å². The lowest BCUT2D eigenvalue weighted by molar-refractivity contribution is -0.0304.